The van der Waals surface area contributed by atoms with Crippen LogP contribution in [-0.4, -0.2) is 0 Å². The minimum atomic E-state index is 0.885. The van der Waals surface area contributed by atoms with Gasteiger partial charge in [-0.15, -0.1) is 0 Å². The molecule has 0 saturated heterocycles. The highest BCUT2D eigenvalue weighted by Crippen LogP contribution is 2.47. The van der Waals surface area contributed by atoms with E-state index in [4.69, 9.17) is 4.42 Å². The Labute approximate surface area is 255 Å². The van der Waals surface area contributed by atoms with Gasteiger partial charge in [-0.05, 0) is 68.9 Å². The van der Waals surface area contributed by atoms with Gasteiger partial charge in [0.25, 0.3) is 0 Å². The first-order chi connectivity index (χ1) is 21.8. The molecule has 1 aromatic heterocycles. The Kier molecular flexibility index (Phi) is 5.54. The molecule has 8 aromatic carbocycles. The van der Waals surface area contributed by atoms with Crippen LogP contribution in [0.3, 0.4) is 0 Å². The van der Waals surface area contributed by atoms with Crippen molar-refractivity contribution in [2.75, 3.05) is 4.90 Å². The van der Waals surface area contributed by atoms with Crippen LogP contribution < -0.4 is 4.90 Å². The van der Waals surface area contributed by atoms with Crippen LogP contribution in [0.4, 0.5) is 17.1 Å². The van der Waals surface area contributed by atoms with E-state index in [0.717, 1.165) is 55.5 Å². The number of fused-ring (bicyclic) bond motifs is 9. The quantitative estimate of drug-likeness (QED) is 0.199. The van der Waals surface area contributed by atoms with Crippen molar-refractivity contribution in [3.05, 3.63) is 164 Å². The van der Waals surface area contributed by atoms with Gasteiger partial charge in [0, 0.05) is 33.1 Å². The van der Waals surface area contributed by atoms with Crippen molar-refractivity contribution in [2.45, 2.75) is 0 Å². The molecule has 0 saturated carbocycles. The van der Waals surface area contributed by atoms with Crippen LogP contribution in [-0.2, 0) is 0 Å². The lowest BCUT2D eigenvalue weighted by Crippen LogP contribution is -2.11. The molecule has 0 bridgehead atoms. The van der Waals surface area contributed by atoms with Crippen LogP contribution in [0.1, 0.15) is 0 Å². The SMILES string of the molecule is c1ccc(-c2cc3oc4c5ccccc5c5ccccc5c4c3cc2N(c2ccccc2)c2ccc3ccccc3c2)cc1. The number of furan rings is 1. The Morgan fingerprint density at radius 3 is 1.80 bits per heavy atom. The van der Waals surface area contributed by atoms with Gasteiger partial charge in [-0.25, -0.2) is 0 Å². The lowest BCUT2D eigenvalue weighted by atomic mass is 9.95. The molecule has 0 atom stereocenters. The summed E-state index contributed by atoms with van der Waals surface area (Å²) >= 11 is 0. The van der Waals surface area contributed by atoms with Crippen LogP contribution in [0.2, 0.25) is 0 Å². The summed E-state index contributed by atoms with van der Waals surface area (Å²) in [5.41, 5.74) is 7.38. The molecule has 1 heterocycles. The maximum absolute atomic E-state index is 6.82. The highest BCUT2D eigenvalue weighted by atomic mass is 16.3. The van der Waals surface area contributed by atoms with Crippen molar-refractivity contribution in [3.63, 3.8) is 0 Å². The lowest BCUT2D eigenvalue weighted by Gasteiger charge is -2.28. The normalized spacial score (nSPS) is 11.6. The third-order valence-corrected chi connectivity index (χ3v) is 8.80. The Hall–Kier alpha value is -5.86. The van der Waals surface area contributed by atoms with E-state index in [9.17, 15) is 0 Å². The van der Waals surface area contributed by atoms with Gasteiger partial charge in [0.2, 0.25) is 0 Å². The lowest BCUT2D eigenvalue weighted by molar-refractivity contribution is 0.673. The van der Waals surface area contributed by atoms with E-state index in [1.165, 1.54) is 26.9 Å². The van der Waals surface area contributed by atoms with Crippen LogP contribution in [0.15, 0.2) is 168 Å². The van der Waals surface area contributed by atoms with Gasteiger partial charge in [0.15, 0.2) is 0 Å². The van der Waals surface area contributed by atoms with Gasteiger partial charge in [-0.1, -0.05) is 127 Å². The molecule has 0 radical (unpaired) electrons. The van der Waals surface area contributed by atoms with Crippen molar-refractivity contribution >= 4 is 71.3 Å². The standard InChI is InChI=1S/C42H27NO/c1-3-14-29(15-4-1)37-27-40-38(41-35-21-11-9-19-33(35)34-20-10-12-22-36(34)42(41)44-40)26-39(37)43(31-17-5-2-6-18-31)32-24-23-28-13-7-8-16-30(28)25-32/h1-27H. The number of anilines is 3. The van der Waals surface area contributed by atoms with Crippen molar-refractivity contribution in [1.29, 1.82) is 0 Å². The van der Waals surface area contributed by atoms with E-state index in [1.807, 2.05) is 0 Å². The summed E-state index contributed by atoms with van der Waals surface area (Å²) in [7, 11) is 0. The van der Waals surface area contributed by atoms with Crippen LogP contribution in [0, 0.1) is 0 Å². The number of hydrogen-bond acceptors (Lipinski definition) is 2. The van der Waals surface area contributed by atoms with E-state index < -0.39 is 0 Å². The third kappa shape index (κ3) is 3.82. The van der Waals surface area contributed by atoms with Gasteiger partial charge in [0.05, 0.1) is 5.69 Å². The first-order valence-corrected chi connectivity index (χ1v) is 15.0. The maximum Gasteiger partial charge on any atom is 0.143 e. The zero-order valence-corrected chi connectivity index (χ0v) is 23.9. The van der Waals surface area contributed by atoms with Crippen LogP contribution >= 0.6 is 0 Å². The molecule has 0 aliphatic heterocycles. The number of rotatable bonds is 4. The fourth-order valence-electron chi connectivity index (χ4n) is 6.79. The van der Waals surface area contributed by atoms with E-state index in [0.29, 0.717) is 0 Å². The zero-order chi connectivity index (χ0) is 29.0. The van der Waals surface area contributed by atoms with Crippen molar-refractivity contribution < 1.29 is 4.42 Å². The molecular weight excluding hydrogens is 534 g/mol. The highest BCUT2D eigenvalue weighted by molar-refractivity contribution is 6.30. The topological polar surface area (TPSA) is 16.4 Å². The number of hydrogen-bond donors (Lipinski definition) is 0. The van der Waals surface area contributed by atoms with Crippen molar-refractivity contribution in [3.8, 4) is 11.1 Å². The minimum Gasteiger partial charge on any atom is -0.455 e. The zero-order valence-electron chi connectivity index (χ0n) is 23.9. The molecule has 0 spiro atoms. The number of nitrogens with zero attached hydrogens (tertiary/aromatic N) is 1. The smallest absolute Gasteiger partial charge is 0.143 e. The van der Waals surface area contributed by atoms with Gasteiger partial charge in [-0.2, -0.15) is 0 Å². The molecule has 2 nitrogen and oxygen atoms in total. The van der Waals surface area contributed by atoms with E-state index in [2.05, 4.69) is 169 Å². The summed E-state index contributed by atoms with van der Waals surface area (Å²) in [6.07, 6.45) is 0. The highest BCUT2D eigenvalue weighted by Gasteiger charge is 2.22. The Morgan fingerprint density at radius 2 is 1.02 bits per heavy atom. The molecule has 206 valence electrons. The first kappa shape index (κ1) is 24.7. The molecule has 9 rings (SSSR count). The summed E-state index contributed by atoms with van der Waals surface area (Å²) in [4.78, 5) is 2.39. The van der Waals surface area contributed by atoms with E-state index in [1.54, 1.807) is 0 Å². The molecular formula is C42H27NO. The largest absolute Gasteiger partial charge is 0.455 e. The number of para-hydroxylation sites is 1. The summed E-state index contributed by atoms with van der Waals surface area (Å²) in [6.45, 7) is 0. The predicted molar refractivity (Wildman–Crippen MR) is 186 cm³/mol. The molecule has 0 aliphatic rings. The van der Waals surface area contributed by atoms with Crippen LogP contribution in [0.25, 0.3) is 65.4 Å². The van der Waals surface area contributed by atoms with Gasteiger partial charge < -0.3 is 9.32 Å². The predicted octanol–water partition coefficient (Wildman–Crippen LogP) is 12.2. The molecule has 0 fully saturated rings. The van der Waals surface area contributed by atoms with Gasteiger partial charge in [0.1, 0.15) is 11.2 Å². The Morgan fingerprint density at radius 1 is 0.409 bits per heavy atom. The second-order valence-corrected chi connectivity index (χ2v) is 11.3. The molecule has 0 unspecified atom stereocenters. The monoisotopic (exact) mass is 561 g/mol. The second-order valence-electron chi connectivity index (χ2n) is 11.3. The van der Waals surface area contributed by atoms with Gasteiger partial charge >= 0.3 is 0 Å². The van der Waals surface area contributed by atoms with E-state index >= 15 is 0 Å². The fourth-order valence-corrected chi connectivity index (χ4v) is 6.79. The minimum absolute atomic E-state index is 0.885. The molecule has 0 amide bonds. The first-order valence-electron chi connectivity index (χ1n) is 15.0. The Balaban J connectivity index is 1.43. The third-order valence-electron chi connectivity index (χ3n) is 8.80. The number of benzene rings is 8. The summed E-state index contributed by atoms with van der Waals surface area (Å²) in [6, 6.07) is 58.4. The average Bonchev–Trinajstić information content (AvgIpc) is 3.48. The molecule has 9 aromatic rings. The molecule has 0 aliphatic carbocycles. The Bertz CT molecular complexity index is 2490. The fraction of sp³-hybridized carbons (Fsp3) is 0. The average molecular weight is 562 g/mol. The van der Waals surface area contributed by atoms with Crippen molar-refractivity contribution in [1.82, 2.24) is 0 Å². The second kappa shape index (κ2) is 9.86. The molecule has 0 N–H and O–H groups in total. The van der Waals surface area contributed by atoms with Crippen molar-refractivity contribution in [2.24, 2.45) is 0 Å². The molecule has 2 heteroatoms. The maximum atomic E-state index is 6.82. The summed E-state index contributed by atoms with van der Waals surface area (Å²) in [5.74, 6) is 0. The molecule has 44 heavy (non-hydrogen) atoms. The summed E-state index contributed by atoms with van der Waals surface area (Å²) in [5, 5.41) is 9.48. The van der Waals surface area contributed by atoms with Gasteiger partial charge in [-0.3, -0.25) is 0 Å². The summed E-state index contributed by atoms with van der Waals surface area (Å²) < 4.78 is 6.82. The van der Waals surface area contributed by atoms with Crippen LogP contribution in [0.5, 0.6) is 0 Å². The van der Waals surface area contributed by atoms with E-state index in [-0.39, 0.29) is 0 Å².